The van der Waals surface area contributed by atoms with Crippen molar-refractivity contribution >= 4 is 16.7 Å². The van der Waals surface area contributed by atoms with Gasteiger partial charge >= 0.3 is 0 Å². The Labute approximate surface area is 182 Å². The van der Waals surface area contributed by atoms with Crippen molar-refractivity contribution in [3.63, 3.8) is 0 Å². The topological polar surface area (TPSA) is 104 Å². The average molecular weight is 414 g/mol. The van der Waals surface area contributed by atoms with Gasteiger partial charge in [0.2, 0.25) is 0 Å². The molecule has 2 aliphatic carbocycles. The molecule has 0 radical (unpaired) electrons. The molecule has 1 aromatic heterocycles. The molecule has 3 aromatic rings. The molecule has 5 nitrogen and oxygen atoms in total. The van der Waals surface area contributed by atoms with E-state index >= 15 is 0 Å². The number of aromatic nitrogens is 1. The number of nitrogens with zero attached hydrogens (tertiary/aromatic N) is 4. The lowest BCUT2D eigenvalue weighted by Gasteiger charge is -2.12. The number of phenols is 1. The second-order valence-corrected chi connectivity index (χ2v) is 7.20. The fourth-order valence-electron chi connectivity index (χ4n) is 4.45. The minimum absolute atomic E-state index is 0.0386. The zero-order valence-electron chi connectivity index (χ0n) is 16.4. The van der Waals surface area contributed by atoms with Gasteiger partial charge in [0.1, 0.15) is 29.3 Å². The number of nitriles is 3. The first-order valence-corrected chi connectivity index (χ1v) is 9.58. The van der Waals surface area contributed by atoms with Crippen molar-refractivity contribution in [3.8, 4) is 35.2 Å². The highest BCUT2D eigenvalue weighted by Crippen LogP contribution is 2.56. The van der Waals surface area contributed by atoms with Crippen LogP contribution in [0.1, 0.15) is 22.3 Å². The SMILES string of the molecule is N#C/C=C1/C(=C2\c3cccnc3-c3c(O)cccc32)C(=C(C#N)C#N)c2ccc(F)cc21. The van der Waals surface area contributed by atoms with Crippen LogP contribution in [-0.2, 0) is 0 Å². The molecule has 1 N–H and O–H groups in total. The molecule has 0 aliphatic heterocycles. The van der Waals surface area contributed by atoms with E-state index in [9.17, 15) is 25.3 Å². The summed E-state index contributed by atoms with van der Waals surface area (Å²) in [5.41, 5.74) is 4.99. The van der Waals surface area contributed by atoms with Gasteiger partial charge in [0.05, 0.1) is 17.3 Å². The minimum Gasteiger partial charge on any atom is -0.507 e. The molecule has 6 heteroatoms. The predicted octanol–water partition coefficient (Wildman–Crippen LogP) is 5.13. The molecule has 32 heavy (non-hydrogen) atoms. The van der Waals surface area contributed by atoms with E-state index in [0.29, 0.717) is 55.8 Å². The van der Waals surface area contributed by atoms with Gasteiger partial charge in [-0.25, -0.2) is 4.39 Å². The van der Waals surface area contributed by atoms with Crippen LogP contribution in [-0.4, -0.2) is 10.1 Å². The van der Waals surface area contributed by atoms with Gasteiger partial charge in [0.25, 0.3) is 0 Å². The summed E-state index contributed by atoms with van der Waals surface area (Å²) in [5, 5.41) is 39.5. The molecule has 1 heterocycles. The molecule has 0 saturated carbocycles. The van der Waals surface area contributed by atoms with Crippen LogP contribution in [0.2, 0.25) is 0 Å². The number of fused-ring (bicyclic) bond motifs is 4. The lowest BCUT2D eigenvalue weighted by molar-refractivity contribution is 0.477. The van der Waals surface area contributed by atoms with E-state index < -0.39 is 5.82 Å². The summed E-state index contributed by atoms with van der Waals surface area (Å²) < 4.78 is 14.2. The van der Waals surface area contributed by atoms with Crippen molar-refractivity contribution in [1.29, 1.82) is 15.8 Å². The smallest absolute Gasteiger partial charge is 0.138 e. The normalized spacial score (nSPS) is 16.6. The van der Waals surface area contributed by atoms with Crippen LogP contribution in [0.5, 0.6) is 5.75 Å². The summed E-state index contributed by atoms with van der Waals surface area (Å²) >= 11 is 0. The van der Waals surface area contributed by atoms with E-state index in [1.54, 1.807) is 24.4 Å². The Bertz CT molecular complexity index is 1560. The Hall–Kier alpha value is -4.99. The first-order chi connectivity index (χ1) is 15.6. The first-order valence-electron chi connectivity index (χ1n) is 9.58. The molecule has 0 bridgehead atoms. The summed E-state index contributed by atoms with van der Waals surface area (Å²) in [7, 11) is 0. The van der Waals surface area contributed by atoms with Crippen molar-refractivity contribution in [1.82, 2.24) is 4.98 Å². The number of phenolic OH excluding ortho intramolecular Hbond substituents is 1. The predicted molar refractivity (Wildman–Crippen MR) is 115 cm³/mol. The molecule has 0 saturated heterocycles. The fourth-order valence-corrected chi connectivity index (χ4v) is 4.45. The van der Waals surface area contributed by atoms with Crippen molar-refractivity contribution in [3.05, 3.63) is 100 Å². The van der Waals surface area contributed by atoms with Crippen LogP contribution in [0.25, 0.3) is 28.0 Å². The summed E-state index contributed by atoms with van der Waals surface area (Å²) in [6.45, 7) is 0. The molecule has 5 rings (SSSR count). The molecule has 0 atom stereocenters. The monoisotopic (exact) mass is 414 g/mol. The summed E-state index contributed by atoms with van der Waals surface area (Å²) in [6.07, 6.45) is 2.90. The Balaban J connectivity index is 2.04. The maximum Gasteiger partial charge on any atom is 0.138 e. The number of rotatable bonds is 0. The standard InChI is InChI=1S/C26H11FN4O/c27-15-6-7-16-20(11-15)17(8-9-28)25(22(16)14(12-29)13-30)23-18-3-1-5-21(32)24(18)26-19(23)4-2-10-31-26/h1-8,10-11,32H/b17-8+,25-23+. The van der Waals surface area contributed by atoms with E-state index in [0.717, 1.165) is 0 Å². The summed E-state index contributed by atoms with van der Waals surface area (Å²) in [4.78, 5) is 4.44. The van der Waals surface area contributed by atoms with Gasteiger partial charge in [-0.2, -0.15) is 15.8 Å². The minimum atomic E-state index is -0.500. The summed E-state index contributed by atoms with van der Waals surface area (Å²) in [6, 6.07) is 18.6. The zero-order valence-corrected chi connectivity index (χ0v) is 16.4. The van der Waals surface area contributed by atoms with Crippen molar-refractivity contribution in [2.75, 3.05) is 0 Å². The molecule has 2 aliphatic rings. The quantitative estimate of drug-likeness (QED) is 0.402. The van der Waals surface area contributed by atoms with Crippen molar-refractivity contribution in [2.45, 2.75) is 0 Å². The van der Waals surface area contributed by atoms with E-state index in [4.69, 9.17) is 0 Å². The third-order valence-electron chi connectivity index (χ3n) is 5.62. The van der Waals surface area contributed by atoms with Gasteiger partial charge in [0.15, 0.2) is 0 Å². The van der Waals surface area contributed by atoms with Crippen molar-refractivity contribution < 1.29 is 9.50 Å². The molecule has 0 unspecified atom stereocenters. The van der Waals surface area contributed by atoms with Gasteiger partial charge in [-0.1, -0.05) is 24.3 Å². The maximum atomic E-state index is 14.2. The zero-order chi connectivity index (χ0) is 22.4. The Morgan fingerprint density at radius 1 is 0.906 bits per heavy atom. The number of pyridine rings is 1. The first kappa shape index (κ1) is 19.0. The summed E-state index contributed by atoms with van der Waals surface area (Å²) in [5.74, 6) is -0.461. The van der Waals surface area contributed by atoms with E-state index in [2.05, 4.69) is 4.98 Å². The Morgan fingerprint density at radius 2 is 1.69 bits per heavy atom. The van der Waals surface area contributed by atoms with Gasteiger partial charge in [-0.15, -0.1) is 0 Å². The van der Waals surface area contributed by atoms with Crippen molar-refractivity contribution in [2.24, 2.45) is 0 Å². The number of hydrogen-bond acceptors (Lipinski definition) is 5. The van der Waals surface area contributed by atoms with Crippen LogP contribution >= 0.6 is 0 Å². The second-order valence-electron chi connectivity index (χ2n) is 7.20. The van der Waals surface area contributed by atoms with Crippen LogP contribution in [0.3, 0.4) is 0 Å². The number of aromatic hydroxyl groups is 1. The largest absolute Gasteiger partial charge is 0.507 e. The highest BCUT2D eigenvalue weighted by Gasteiger charge is 2.37. The third-order valence-corrected chi connectivity index (χ3v) is 5.62. The molecular formula is C26H11FN4O. The Kier molecular flexibility index (Phi) is 4.19. The van der Waals surface area contributed by atoms with Crippen LogP contribution in [0.4, 0.5) is 4.39 Å². The van der Waals surface area contributed by atoms with Crippen LogP contribution < -0.4 is 0 Å². The Morgan fingerprint density at radius 3 is 2.44 bits per heavy atom. The van der Waals surface area contributed by atoms with Gasteiger partial charge in [0, 0.05) is 40.1 Å². The highest BCUT2D eigenvalue weighted by atomic mass is 19.1. The molecule has 0 fully saturated rings. The highest BCUT2D eigenvalue weighted by molar-refractivity contribution is 6.20. The molecule has 0 amide bonds. The molecule has 2 aromatic carbocycles. The number of benzene rings is 2. The third kappa shape index (κ3) is 2.50. The van der Waals surface area contributed by atoms with Gasteiger partial charge in [-0.05, 0) is 41.0 Å². The van der Waals surface area contributed by atoms with Gasteiger partial charge < -0.3 is 5.11 Å². The van der Waals surface area contributed by atoms with E-state index in [-0.39, 0.29) is 11.3 Å². The van der Waals surface area contributed by atoms with E-state index in [1.165, 1.54) is 24.3 Å². The molecule has 0 spiro atoms. The maximum absolute atomic E-state index is 14.2. The molecular weight excluding hydrogens is 403 g/mol. The lowest BCUT2D eigenvalue weighted by atomic mass is 9.89. The van der Waals surface area contributed by atoms with Crippen LogP contribution in [0.15, 0.2) is 72.0 Å². The number of hydrogen-bond donors (Lipinski definition) is 1. The second kappa shape index (κ2) is 7.06. The fraction of sp³-hybridized carbons (Fsp3) is 0. The molecule has 148 valence electrons. The average Bonchev–Trinajstić information content (AvgIpc) is 3.28. The number of allylic oxidation sites excluding steroid dienone is 5. The van der Waals surface area contributed by atoms with Gasteiger partial charge in [-0.3, -0.25) is 4.98 Å². The number of halogens is 1. The lowest BCUT2D eigenvalue weighted by Crippen LogP contribution is -1.94. The van der Waals surface area contributed by atoms with Crippen LogP contribution in [0, 0.1) is 39.8 Å². The van der Waals surface area contributed by atoms with E-state index in [1.807, 2.05) is 30.3 Å².